The number of hydrogen-bond donors (Lipinski definition) is 1. The number of amides is 1. The van der Waals surface area contributed by atoms with Gasteiger partial charge in [-0.3, -0.25) is 0 Å². The summed E-state index contributed by atoms with van der Waals surface area (Å²) in [5.41, 5.74) is -0.741. The Morgan fingerprint density at radius 1 is 1.04 bits per heavy atom. The highest BCUT2D eigenvalue weighted by atomic mass is 16.6. The van der Waals surface area contributed by atoms with Crippen LogP contribution in [0, 0.1) is 0 Å². The molecule has 1 heterocycles. The standard InChI is InChI=1S/C19H31N3O3/c1-16(2,3)13-20-14(25-22-13)18-7-10-19(11-8-18,12-9-18)21-15(23)24-17(4,5)6/h7-12H2,1-6H3,(H,21,23). The minimum atomic E-state index is -0.471. The van der Waals surface area contributed by atoms with Crippen molar-refractivity contribution in [1.82, 2.24) is 15.5 Å². The van der Waals surface area contributed by atoms with Gasteiger partial charge in [-0.1, -0.05) is 25.9 Å². The van der Waals surface area contributed by atoms with Gasteiger partial charge < -0.3 is 14.6 Å². The Labute approximate surface area is 150 Å². The van der Waals surface area contributed by atoms with Crippen molar-refractivity contribution in [3.05, 3.63) is 11.7 Å². The fraction of sp³-hybridized carbons (Fsp3) is 0.842. The third-order valence-electron chi connectivity index (χ3n) is 5.56. The Bertz CT molecular complexity index is 627. The number of nitrogens with zero attached hydrogens (tertiary/aromatic N) is 2. The van der Waals surface area contributed by atoms with Crippen LogP contribution in [0.1, 0.15) is 91.8 Å². The van der Waals surface area contributed by atoms with Crippen molar-refractivity contribution in [2.45, 2.75) is 102 Å². The molecule has 3 fully saturated rings. The second-order valence-corrected chi connectivity index (χ2v) is 9.86. The first-order chi connectivity index (χ1) is 11.4. The van der Waals surface area contributed by atoms with E-state index < -0.39 is 5.60 Å². The lowest BCUT2D eigenvalue weighted by atomic mass is 9.57. The fourth-order valence-corrected chi connectivity index (χ4v) is 3.96. The van der Waals surface area contributed by atoms with Crippen LogP contribution in [0.25, 0.3) is 0 Å². The maximum absolute atomic E-state index is 12.2. The summed E-state index contributed by atoms with van der Waals surface area (Å²) in [5.74, 6) is 1.55. The second-order valence-electron chi connectivity index (χ2n) is 9.86. The molecule has 25 heavy (non-hydrogen) atoms. The molecule has 2 bridgehead atoms. The van der Waals surface area contributed by atoms with Gasteiger partial charge in [-0.05, 0) is 59.3 Å². The number of carbonyl (C=O) groups is 1. The maximum Gasteiger partial charge on any atom is 0.408 e. The number of carbonyl (C=O) groups excluding carboxylic acids is 1. The largest absolute Gasteiger partial charge is 0.444 e. The Balaban J connectivity index is 1.68. The van der Waals surface area contributed by atoms with E-state index in [-0.39, 0.29) is 22.5 Å². The molecule has 6 heteroatoms. The van der Waals surface area contributed by atoms with Crippen LogP contribution in [0.5, 0.6) is 0 Å². The molecule has 6 nitrogen and oxygen atoms in total. The molecule has 4 rings (SSSR count). The zero-order chi connectivity index (χ0) is 18.5. The first-order valence-electron chi connectivity index (χ1n) is 9.29. The SMILES string of the molecule is CC(C)(C)OC(=O)NC12CCC(c3nc(C(C)(C)C)no3)(CC1)CC2. The van der Waals surface area contributed by atoms with Gasteiger partial charge >= 0.3 is 6.09 Å². The van der Waals surface area contributed by atoms with E-state index >= 15 is 0 Å². The van der Waals surface area contributed by atoms with Gasteiger partial charge in [-0.25, -0.2) is 4.79 Å². The van der Waals surface area contributed by atoms with Gasteiger partial charge in [-0.2, -0.15) is 4.98 Å². The van der Waals surface area contributed by atoms with Gasteiger partial charge in [0.25, 0.3) is 0 Å². The van der Waals surface area contributed by atoms with Crippen LogP contribution in [0.4, 0.5) is 4.79 Å². The number of fused-ring (bicyclic) bond motifs is 3. The van der Waals surface area contributed by atoms with E-state index in [2.05, 4.69) is 31.2 Å². The minimum absolute atomic E-state index is 0.0200. The number of rotatable bonds is 2. The second kappa shape index (κ2) is 5.71. The molecular weight excluding hydrogens is 318 g/mol. The fourth-order valence-electron chi connectivity index (χ4n) is 3.96. The Morgan fingerprint density at radius 2 is 1.60 bits per heavy atom. The topological polar surface area (TPSA) is 77.2 Å². The molecule has 1 amide bonds. The molecule has 0 radical (unpaired) electrons. The lowest BCUT2D eigenvalue weighted by molar-refractivity contribution is 0.0205. The van der Waals surface area contributed by atoms with Crippen molar-refractivity contribution in [2.75, 3.05) is 0 Å². The highest BCUT2D eigenvalue weighted by Crippen LogP contribution is 2.53. The lowest BCUT2D eigenvalue weighted by Crippen LogP contribution is -2.58. The van der Waals surface area contributed by atoms with E-state index in [9.17, 15) is 4.79 Å². The van der Waals surface area contributed by atoms with E-state index in [0.29, 0.717) is 0 Å². The van der Waals surface area contributed by atoms with Gasteiger partial charge in [0.2, 0.25) is 5.89 Å². The first kappa shape index (κ1) is 18.2. The molecule has 0 aromatic carbocycles. The van der Waals surface area contributed by atoms with Gasteiger partial charge in [0.05, 0.1) is 0 Å². The normalized spacial score (nSPS) is 29.5. The quantitative estimate of drug-likeness (QED) is 0.864. The summed E-state index contributed by atoms with van der Waals surface area (Å²) in [7, 11) is 0. The summed E-state index contributed by atoms with van der Waals surface area (Å²) in [5, 5.41) is 7.35. The zero-order valence-electron chi connectivity index (χ0n) is 16.4. The van der Waals surface area contributed by atoms with E-state index in [0.717, 1.165) is 50.2 Å². The van der Waals surface area contributed by atoms with Crippen LogP contribution >= 0.6 is 0 Å². The highest BCUT2D eigenvalue weighted by molar-refractivity contribution is 5.69. The molecular formula is C19H31N3O3. The van der Waals surface area contributed by atoms with Crippen LogP contribution in [-0.4, -0.2) is 27.4 Å². The molecule has 0 aliphatic heterocycles. The van der Waals surface area contributed by atoms with Gasteiger partial charge in [0, 0.05) is 16.4 Å². The number of nitrogens with one attached hydrogen (secondary N) is 1. The Morgan fingerprint density at radius 3 is 2.04 bits per heavy atom. The van der Waals surface area contributed by atoms with Gasteiger partial charge in [-0.15, -0.1) is 0 Å². The smallest absolute Gasteiger partial charge is 0.408 e. The summed E-state index contributed by atoms with van der Waals surface area (Å²) in [6.45, 7) is 11.9. The third-order valence-corrected chi connectivity index (χ3v) is 5.56. The molecule has 1 N–H and O–H groups in total. The van der Waals surface area contributed by atoms with Crippen LogP contribution in [0.3, 0.4) is 0 Å². The predicted molar refractivity (Wildman–Crippen MR) is 94.5 cm³/mol. The minimum Gasteiger partial charge on any atom is -0.444 e. The summed E-state index contributed by atoms with van der Waals surface area (Å²) in [6.07, 6.45) is 5.38. The molecule has 0 saturated heterocycles. The number of aromatic nitrogens is 2. The van der Waals surface area contributed by atoms with Crippen LogP contribution in [0.2, 0.25) is 0 Å². The van der Waals surface area contributed by atoms with Crippen LogP contribution in [-0.2, 0) is 15.6 Å². The number of ether oxygens (including phenoxy) is 1. The monoisotopic (exact) mass is 349 g/mol. The summed E-state index contributed by atoms with van der Waals surface area (Å²) >= 11 is 0. The summed E-state index contributed by atoms with van der Waals surface area (Å²) in [6, 6.07) is 0. The van der Waals surface area contributed by atoms with Crippen molar-refractivity contribution in [3.8, 4) is 0 Å². The van der Waals surface area contributed by atoms with Crippen LogP contribution < -0.4 is 5.32 Å². The summed E-state index contributed by atoms with van der Waals surface area (Å²) < 4.78 is 11.1. The van der Waals surface area contributed by atoms with Crippen LogP contribution in [0.15, 0.2) is 4.52 Å². The van der Waals surface area contributed by atoms with Gasteiger partial charge in [0.15, 0.2) is 5.82 Å². The van der Waals surface area contributed by atoms with Gasteiger partial charge in [0.1, 0.15) is 5.60 Å². The van der Waals surface area contributed by atoms with Crippen molar-refractivity contribution < 1.29 is 14.1 Å². The van der Waals surface area contributed by atoms with Crippen molar-refractivity contribution in [1.29, 1.82) is 0 Å². The summed E-state index contributed by atoms with van der Waals surface area (Å²) in [4.78, 5) is 16.9. The van der Waals surface area contributed by atoms with Crippen molar-refractivity contribution in [3.63, 3.8) is 0 Å². The van der Waals surface area contributed by atoms with Crippen molar-refractivity contribution in [2.24, 2.45) is 0 Å². The Kier molecular flexibility index (Phi) is 4.16. The molecule has 0 spiro atoms. The maximum atomic E-state index is 12.2. The Hall–Kier alpha value is -1.59. The number of hydrogen-bond acceptors (Lipinski definition) is 5. The average Bonchev–Trinajstić information content (AvgIpc) is 2.97. The van der Waals surface area contributed by atoms with Crippen molar-refractivity contribution >= 4 is 6.09 Å². The van der Waals surface area contributed by atoms with E-state index in [4.69, 9.17) is 14.2 Å². The lowest BCUT2D eigenvalue weighted by Gasteiger charge is -2.51. The molecule has 0 unspecified atom stereocenters. The molecule has 140 valence electrons. The van der Waals surface area contributed by atoms with E-state index in [1.807, 2.05) is 20.8 Å². The molecule has 1 aromatic rings. The zero-order valence-corrected chi connectivity index (χ0v) is 16.4. The molecule has 1 aromatic heterocycles. The third kappa shape index (κ3) is 3.67. The molecule has 0 atom stereocenters. The molecule has 3 aliphatic rings. The van der Waals surface area contributed by atoms with E-state index in [1.165, 1.54) is 0 Å². The molecule has 3 aliphatic carbocycles. The first-order valence-corrected chi connectivity index (χ1v) is 9.29. The van der Waals surface area contributed by atoms with E-state index in [1.54, 1.807) is 0 Å². The molecule has 3 saturated carbocycles. The predicted octanol–water partition coefficient (Wildman–Crippen LogP) is 4.24. The number of alkyl carbamates (subject to hydrolysis) is 1. The highest BCUT2D eigenvalue weighted by Gasteiger charge is 2.53. The average molecular weight is 349 g/mol.